The monoisotopic (exact) mass is 184 g/mol. The van der Waals surface area contributed by atoms with Gasteiger partial charge in [0.05, 0.1) is 0 Å². The molecule has 1 heteroatoms. The maximum atomic E-state index is 2.18. The summed E-state index contributed by atoms with van der Waals surface area (Å²) in [5, 5.41) is 0. The van der Waals surface area contributed by atoms with Gasteiger partial charge in [0.15, 0.2) is 0 Å². The molecule has 0 atom stereocenters. The molecule has 0 nitrogen and oxygen atoms in total. The normalized spacial score (nSPS) is 8.60. The SMILES string of the molecule is CCc1ccccc1C.[Zn]. The molecule has 0 aliphatic heterocycles. The molecule has 1 rings (SSSR count). The van der Waals surface area contributed by atoms with Crippen molar-refractivity contribution in [1.29, 1.82) is 0 Å². The van der Waals surface area contributed by atoms with Crippen molar-refractivity contribution in [3.8, 4) is 0 Å². The summed E-state index contributed by atoms with van der Waals surface area (Å²) in [5.41, 5.74) is 2.86. The second kappa shape index (κ2) is 4.63. The van der Waals surface area contributed by atoms with E-state index in [4.69, 9.17) is 0 Å². The molecule has 0 fully saturated rings. The molecule has 0 heterocycles. The van der Waals surface area contributed by atoms with Crippen molar-refractivity contribution in [2.45, 2.75) is 20.3 Å². The molecule has 1 aromatic carbocycles. The smallest absolute Gasteiger partial charge is 0 e. The molecule has 0 radical (unpaired) electrons. The number of hydrogen-bond donors (Lipinski definition) is 0. The summed E-state index contributed by atoms with van der Waals surface area (Å²) in [7, 11) is 0. The second-order valence-electron chi connectivity index (χ2n) is 2.28. The van der Waals surface area contributed by atoms with E-state index >= 15 is 0 Å². The van der Waals surface area contributed by atoms with Crippen LogP contribution in [0.3, 0.4) is 0 Å². The van der Waals surface area contributed by atoms with Gasteiger partial charge in [-0.15, -0.1) is 0 Å². The third-order valence-electron chi connectivity index (χ3n) is 1.64. The Balaban J connectivity index is 0.000000810. The van der Waals surface area contributed by atoms with E-state index in [1.54, 1.807) is 0 Å². The van der Waals surface area contributed by atoms with Crippen molar-refractivity contribution >= 4 is 0 Å². The standard InChI is InChI=1S/C9H12.Zn/c1-3-9-7-5-4-6-8(9)2;/h4-7H,3H2,1-2H3;. The zero-order valence-electron chi connectivity index (χ0n) is 6.72. The number of rotatable bonds is 1. The Labute approximate surface area is 75.4 Å². The van der Waals surface area contributed by atoms with Crippen LogP contribution in [0.25, 0.3) is 0 Å². The minimum Gasteiger partial charge on any atom is -0.0620 e. The summed E-state index contributed by atoms with van der Waals surface area (Å²) in [6, 6.07) is 8.49. The van der Waals surface area contributed by atoms with E-state index in [2.05, 4.69) is 38.1 Å². The van der Waals surface area contributed by atoms with Gasteiger partial charge in [-0.05, 0) is 24.5 Å². The molecule has 0 saturated heterocycles. The molecule has 0 saturated carbocycles. The number of hydrogen-bond acceptors (Lipinski definition) is 0. The predicted octanol–water partition coefficient (Wildman–Crippen LogP) is 2.55. The molecular formula is C9H12Zn. The third-order valence-corrected chi connectivity index (χ3v) is 1.64. The van der Waals surface area contributed by atoms with Crippen LogP contribution in [0.2, 0.25) is 0 Å². The van der Waals surface area contributed by atoms with E-state index in [1.165, 1.54) is 11.1 Å². The fourth-order valence-electron chi connectivity index (χ4n) is 1.01. The molecule has 0 aliphatic rings. The van der Waals surface area contributed by atoms with E-state index in [-0.39, 0.29) is 19.5 Å². The first-order valence-corrected chi connectivity index (χ1v) is 3.39. The van der Waals surface area contributed by atoms with Crippen LogP contribution in [0.1, 0.15) is 18.1 Å². The largest absolute Gasteiger partial charge is 0.0620 e. The average Bonchev–Trinajstić information content (AvgIpc) is 1.89. The average molecular weight is 186 g/mol. The van der Waals surface area contributed by atoms with E-state index in [0.717, 1.165) is 6.42 Å². The van der Waals surface area contributed by atoms with Crippen LogP contribution in [0, 0.1) is 6.92 Å². The van der Waals surface area contributed by atoms with Gasteiger partial charge in [0.1, 0.15) is 0 Å². The van der Waals surface area contributed by atoms with Crippen molar-refractivity contribution in [3.63, 3.8) is 0 Å². The Morgan fingerprint density at radius 2 is 1.80 bits per heavy atom. The summed E-state index contributed by atoms with van der Waals surface area (Å²) in [5.74, 6) is 0. The van der Waals surface area contributed by atoms with E-state index in [0.29, 0.717) is 0 Å². The zero-order chi connectivity index (χ0) is 6.69. The van der Waals surface area contributed by atoms with Gasteiger partial charge in [0.2, 0.25) is 0 Å². The molecule has 0 N–H and O–H groups in total. The Morgan fingerprint density at radius 1 is 1.20 bits per heavy atom. The van der Waals surface area contributed by atoms with Crippen LogP contribution in [0.15, 0.2) is 24.3 Å². The Bertz CT molecular complexity index is 194. The second-order valence-corrected chi connectivity index (χ2v) is 2.28. The zero-order valence-corrected chi connectivity index (χ0v) is 9.69. The van der Waals surface area contributed by atoms with Gasteiger partial charge >= 0.3 is 0 Å². The molecular weight excluding hydrogens is 173 g/mol. The van der Waals surface area contributed by atoms with Gasteiger partial charge in [-0.1, -0.05) is 31.2 Å². The Morgan fingerprint density at radius 3 is 2.20 bits per heavy atom. The number of aryl methyl sites for hydroxylation is 2. The quantitative estimate of drug-likeness (QED) is 0.590. The molecule has 0 unspecified atom stereocenters. The third kappa shape index (κ3) is 2.23. The van der Waals surface area contributed by atoms with Gasteiger partial charge in [-0.3, -0.25) is 0 Å². The Kier molecular flexibility index (Phi) is 4.55. The fourth-order valence-corrected chi connectivity index (χ4v) is 1.01. The van der Waals surface area contributed by atoms with Crippen molar-refractivity contribution in [1.82, 2.24) is 0 Å². The van der Waals surface area contributed by atoms with Gasteiger partial charge < -0.3 is 0 Å². The van der Waals surface area contributed by atoms with Gasteiger partial charge in [-0.2, -0.15) is 0 Å². The van der Waals surface area contributed by atoms with Crippen molar-refractivity contribution < 1.29 is 19.5 Å². The van der Waals surface area contributed by atoms with E-state index < -0.39 is 0 Å². The predicted molar refractivity (Wildman–Crippen MR) is 40.6 cm³/mol. The van der Waals surface area contributed by atoms with Crippen LogP contribution in [-0.4, -0.2) is 0 Å². The van der Waals surface area contributed by atoms with Crippen LogP contribution in [0.4, 0.5) is 0 Å². The molecule has 10 heavy (non-hydrogen) atoms. The first kappa shape index (κ1) is 9.84. The molecule has 0 aromatic heterocycles. The fraction of sp³-hybridized carbons (Fsp3) is 0.333. The summed E-state index contributed by atoms with van der Waals surface area (Å²) in [6.07, 6.45) is 1.15. The minimum absolute atomic E-state index is 0. The maximum Gasteiger partial charge on any atom is 0 e. The topological polar surface area (TPSA) is 0 Å². The molecule has 0 bridgehead atoms. The minimum atomic E-state index is 0. The molecule has 0 spiro atoms. The molecule has 1 aromatic rings. The summed E-state index contributed by atoms with van der Waals surface area (Å²) < 4.78 is 0. The van der Waals surface area contributed by atoms with Crippen molar-refractivity contribution in [2.24, 2.45) is 0 Å². The van der Waals surface area contributed by atoms with E-state index in [1.807, 2.05) is 0 Å². The summed E-state index contributed by atoms with van der Waals surface area (Å²) in [6.45, 7) is 4.33. The summed E-state index contributed by atoms with van der Waals surface area (Å²) in [4.78, 5) is 0. The van der Waals surface area contributed by atoms with E-state index in [9.17, 15) is 0 Å². The van der Waals surface area contributed by atoms with Crippen molar-refractivity contribution in [3.05, 3.63) is 35.4 Å². The summed E-state index contributed by atoms with van der Waals surface area (Å²) >= 11 is 0. The maximum absolute atomic E-state index is 2.18. The van der Waals surface area contributed by atoms with Crippen molar-refractivity contribution in [2.75, 3.05) is 0 Å². The van der Waals surface area contributed by atoms with Crippen LogP contribution in [-0.2, 0) is 25.9 Å². The first-order valence-electron chi connectivity index (χ1n) is 3.39. The molecule has 0 amide bonds. The number of benzene rings is 1. The van der Waals surface area contributed by atoms with Crippen LogP contribution >= 0.6 is 0 Å². The van der Waals surface area contributed by atoms with Gasteiger partial charge in [0, 0.05) is 19.5 Å². The van der Waals surface area contributed by atoms with Gasteiger partial charge in [0.25, 0.3) is 0 Å². The molecule has 0 aliphatic carbocycles. The Hall–Kier alpha value is -0.157. The van der Waals surface area contributed by atoms with Gasteiger partial charge in [-0.25, -0.2) is 0 Å². The molecule has 50 valence electrons. The van der Waals surface area contributed by atoms with Crippen LogP contribution < -0.4 is 0 Å². The van der Waals surface area contributed by atoms with Crippen LogP contribution in [0.5, 0.6) is 0 Å². The first-order chi connectivity index (χ1) is 4.34.